The van der Waals surface area contributed by atoms with Gasteiger partial charge in [0.2, 0.25) is 5.91 Å². The van der Waals surface area contributed by atoms with Crippen molar-refractivity contribution in [2.45, 2.75) is 51.2 Å². The summed E-state index contributed by atoms with van der Waals surface area (Å²) in [6, 6.07) is 24.1. The molecule has 0 radical (unpaired) electrons. The van der Waals surface area contributed by atoms with Crippen LogP contribution in [0.15, 0.2) is 91.0 Å². The van der Waals surface area contributed by atoms with Crippen molar-refractivity contribution in [1.29, 1.82) is 0 Å². The maximum Gasteiger partial charge on any atom is 0.241 e. The monoisotopic (exact) mass is 500 g/mol. The Kier molecular flexibility index (Phi) is 9.50. The topological polar surface area (TPSA) is 32.8 Å². The molecule has 1 amide bonds. The molecule has 1 aliphatic heterocycles. The third kappa shape index (κ3) is 7.07. The van der Waals surface area contributed by atoms with Gasteiger partial charge in [-0.05, 0) is 60.3 Å². The van der Waals surface area contributed by atoms with E-state index in [1.807, 2.05) is 47.4 Å². The lowest BCUT2D eigenvalue weighted by Crippen LogP contribution is -2.52. The second kappa shape index (κ2) is 13.2. The number of nitrogens with zero attached hydrogens (tertiary/aromatic N) is 2. The fraction of sp³-hybridized carbons (Fsp3) is 0.344. The lowest BCUT2D eigenvalue weighted by molar-refractivity contribution is -0.139. The number of methoxy groups -OCH3 is 1. The van der Waals surface area contributed by atoms with E-state index in [1.54, 1.807) is 19.2 Å². The van der Waals surface area contributed by atoms with Crippen LogP contribution in [0, 0.1) is 5.82 Å². The summed E-state index contributed by atoms with van der Waals surface area (Å²) >= 11 is 0. The predicted octanol–water partition coefficient (Wildman–Crippen LogP) is 6.58. The highest BCUT2D eigenvalue weighted by Crippen LogP contribution is 2.30. The van der Waals surface area contributed by atoms with Crippen LogP contribution in [0.25, 0.3) is 0 Å². The molecule has 0 unspecified atom stereocenters. The fourth-order valence-corrected chi connectivity index (χ4v) is 4.96. The summed E-state index contributed by atoms with van der Waals surface area (Å²) in [6.45, 7) is 4.20. The number of halogens is 1. The molecule has 0 aliphatic carbocycles. The molecule has 4 nitrogen and oxygen atoms in total. The van der Waals surface area contributed by atoms with Crippen LogP contribution in [0.2, 0.25) is 0 Å². The summed E-state index contributed by atoms with van der Waals surface area (Å²) in [5.74, 6) is 0.590. The minimum Gasteiger partial charge on any atom is -0.497 e. The van der Waals surface area contributed by atoms with Crippen molar-refractivity contribution >= 4 is 5.91 Å². The highest BCUT2D eigenvalue weighted by atomic mass is 19.1. The number of carbonyl (C=O) groups excluding carboxylic acids is 1. The summed E-state index contributed by atoms with van der Waals surface area (Å²) < 4.78 is 19.0. The van der Waals surface area contributed by atoms with E-state index in [2.05, 4.69) is 36.1 Å². The van der Waals surface area contributed by atoms with Gasteiger partial charge in [0.05, 0.1) is 19.2 Å². The first-order valence-electron chi connectivity index (χ1n) is 13.2. The third-order valence-electron chi connectivity index (χ3n) is 7.05. The number of carbonyl (C=O) groups is 1. The van der Waals surface area contributed by atoms with Gasteiger partial charge in [-0.15, -0.1) is 0 Å². The van der Waals surface area contributed by atoms with Crippen LogP contribution >= 0.6 is 0 Å². The Labute approximate surface area is 220 Å². The third-order valence-corrected chi connectivity index (χ3v) is 7.05. The molecule has 0 aromatic heterocycles. The van der Waals surface area contributed by atoms with Gasteiger partial charge in [0, 0.05) is 13.1 Å². The zero-order chi connectivity index (χ0) is 26.0. The van der Waals surface area contributed by atoms with E-state index in [-0.39, 0.29) is 23.8 Å². The van der Waals surface area contributed by atoms with Gasteiger partial charge in [0.25, 0.3) is 0 Å². The van der Waals surface area contributed by atoms with Crippen molar-refractivity contribution in [3.63, 3.8) is 0 Å². The number of hydrogen-bond acceptors (Lipinski definition) is 3. The van der Waals surface area contributed by atoms with Crippen LogP contribution in [0.5, 0.6) is 5.75 Å². The Balaban J connectivity index is 1.73. The van der Waals surface area contributed by atoms with Gasteiger partial charge in [-0.2, -0.15) is 0 Å². The van der Waals surface area contributed by atoms with E-state index in [9.17, 15) is 9.18 Å². The first-order chi connectivity index (χ1) is 18.1. The Morgan fingerprint density at radius 1 is 0.919 bits per heavy atom. The molecule has 5 heteroatoms. The van der Waals surface area contributed by atoms with Crippen molar-refractivity contribution in [3.8, 4) is 5.75 Å². The first kappa shape index (κ1) is 26.6. The smallest absolute Gasteiger partial charge is 0.241 e. The van der Waals surface area contributed by atoms with Gasteiger partial charge in [0.1, 0.15) is 11.6 Å². The Bertz CT molecular complexity index is 1150. The van der Waals surface area contributed by atoms with Crippen LogP contribution in [-0.4, -0.2) is 41.9 Å². The number of rotatable bonds is 10. The highest BCUT2D eigenvalue weighted by Gasteiger charge is 2.34. The second-order valence-corrected chi connectivity index (χ2v) is 9.65. The fourth-order valence-electron chi connectivity index (χ4n) is 4.96. The van der Waals surface area contributed by atoms with Crippen LogP contribution in [0.4, 0.5) is 4.39 Å². The lowest BCUT2D eigenvalue weighted by Gasteiger charge is -2.39. The molecule has 3 aromatic carbocycles. The number of amides is 1. The van der Waals surface area contributed by atoms with Crippen molar-refractivity contribution in [2.24, 2.45) is 0 Å². The van der Waals surface area contributed by atoms with Gasteiger partial charge in [-0.25, -0.2) is 4.39 Å². The lowest BCUT2D eigenvalue weighted by atomic mass is 9.97. The van der Waals surface area contributed by atoms with Crippen molar-refractivity contribution < 1.29 is 13.9 Å². The molecule has 0 N–H and O–H groups in total. The molecule has 0 bridgehead atoms. The predicted molar refractivity (Wildman–Crippen MR) is 147 cm³/mol. The molecular formula is C32H37FN2O2. The average Bonchev–Trinajstić information content (AvgIpc) is 2.93. The van der Waals surface area contributed by atoms with E-state index >= 15 is 0 Å². The van der Waals surface area contributed by atoms with Crippen LogP contribution in [-0.2, 0) is 17.8 Å². The largest absolute Gasteiger partial charge is 0.497 e. The zero-order valence-corrected chi connectivity index (χ0v) is 21.9. The SMILES string of the molecule is CCCCCN1C/C=C\[C@H](c2ccc(OC)cc2)N(Cc2ccc(F)cc2)C(=O)[C@@H]1Cc1ccccc1. The van der Waals surface area contributed by atoms with Crippen molar-refractivity contribution in [2.75, 3.05) is 20.2 Å². The molecule has 0 saturated carbocycles. The van der Waals surface area contributed by atoms with E-state index < -0.39 is 0 Å². The molecule has 3 aromatic rings. The molecule has 0 spiro atoms. The van der Waals surface area contributed by atoms with Gasteiger partial charge < -0.3 is 9.64 Å². The molecule has 37 heavy (non-hydrogen) atoms. The molecule has 1 heterocycles. The zero-order valence-electron chi connectivity index (χ0n) is 21.9. The second-order valence-electron chi connectivity index (χ2n) is 9.65. The summed E-state index contributed by atoms with van der Waals surface area (Å²) in [5.41, 5.74) is 3.07. The Morgan fingerprint density at radius 3 is 2.32 bits per heavy atom. The maximum absolute atomic E-state index is 14.5. The number of hydrogen-bond donors (Lipinski definition) is 0. The van der Waals surface area contributed by atoms with Gasteiger partial charge in [-0.3, -0.25) is 9.69 Å². The summed E-state index contributed by atoms with van der Waals surface area (Å²) in [6.07, 6.45) is 8.31. The first-order valence-corrected chi connectivity index (χ1v) is 13.2. The minimum absolute atomic E-state index is 0.0924. The maximum atomic E-state index is 14.5. The van der Waals surface area contributed by atoms with Crippen molar-refractivity contribution in [3.05, 3.63) is 114 Å². The minimum atomic E-state index is -0.287. The average molecular weight is 501 g/mol. The number of unbranched alkanes of at least 4 members (excludes halogenated alkanes) is 2. The molecule has 0 saturated heterocycles. The quantitative estimate of drug-likeness (QED) is 0.233. The normalized spacial score (nSPS) is 19.3. The standard InChI is InChI=1S/C32H37FN2O2/c1-3-4-8-21-34-22-9-12-30(27-15-19-29(37-2)20-16-27)35(24-26-13-17-28(33)18-14-26)32(36)31(34)23-25-10-6-5-7-11-25/h5-7,9-20,30-31H,3-4,8,21-24H2,1-2H3/b12-9-/t30-,31+/m1/s1. The Morgan fingerprint density at radius 2 is 1.65 bits per heavy atom. The molecule has 2 atom stereocenters. The van der Waals surface area contributed by atoms with Crippen LogP contribution in [0.3, 0.4) is 0 Å². The molecular weight excluding hydrogens is 463 g/mol. The summed E-state index contributed by atoms with van der Waals surface area (Å²) in [7, 11) is 1.65. The Hall–Kier alpha value is -3.44. The molecule has 4 rings (SSSR count). The van der Waals surface area contributed by atoms with E-state index in [1.165, 1.54) is 12.1 Å². The summed E-state index contributed by atoms with van der Waals surface area (Å²) in [5, 5.41) is 0. The van der Waals surface area contributed by atoms with Gasteiger partial charge in [-0.1, -0.05) is 86.5 Å². The number of ether oxygens (including phenoxy) is 1. The van der Waals surface area contributed by atoms with Crippen molar-refractivity contribution in [1.82, 2.24) is 9.80 Å². The molecule has 194 valence electrons. The van der Waals surface area contributed by atoms with Gasteiger partial charge in [0.15, 0.2) is 0 Å². The molecule has 1 aliphatic rings. The molecule has 0 fully saturated rings. The van der Waals surface area contributed by atoms with E-state index in [4.69, 9.17) is 4.74 Å². The van der Waals surface area contributed by atoms with E-state index in [0.29, 0.717) is 13.0 Å². The highest BCUT2D eigenvalue weighted by molar-refractivity contribution is 5.83. The van der Waals surface area contributed by atoms with E-state index in [0.717, 1.165) is 54.8 Å². The van der Waals surface area contributed by atoms with Crippen LogP contribution < -0.4 is 4.74 Å². The van der Waals surface area contributed by atoms with Crippen LogP contribution in [0.1, 0.15) is 48.9 Å². The number of benzene rings is 3. The van der Waals surface area contributed by atoms with Gasteiger partial charge >= 0.3 is 0 Å². The summed E-state index contributed by atoms with van der Waals surface area (Å²) in [4.78, 5) is 18.7.